The van der Waals surface area contributed by atoms with Crippen LogP contribution in [-0.2, 0) is 0 Å². The number of aryl methyl sites for hydroxylation is 2. The number of hydrogen-bond donors (Lipinski definition) is 1. The number of benzene rings is 1. The van der Waals surface area contributed by atoms with Crippen LogP contribution in [0.1, 0.15) is 11.3 Å². The summed E-state index contributed by atoms with van der Waals surface area (Å²) in [4.78, 5) is 10.5. The average molecular weight is 311 g/mol. The summed E-state index contributed by atoms with van der Waals surface area (Å²) in [7, 11) is 0. The Kier molecular flexibility index (Phi) is 2.90. The van der Waals surface area contributed by atoms with Gasteiger partial charge in [-0.25, -0.2) is 9.97 Å². The van der Waals surface area contributed by atoms with Gasteiger partial charge in [0.05, 0.1) is 0 Å². The van der Waals surface area contributed by atoms with Crippen molar-refractivity contribution >= 4 is 53.2 Å². The fourth-order valence-corrected chi connectivity index (χ4v) is 4.82. The summed E-state index contributed by atoms with van der Waals surface area (Å²) in [5.74, 6) is 0. The molecule has 5 heteroatoms. The van der Waals surface area contributed by atoms with Gasteiger partial charge in [0.25, 0.3) is 0 Å². The summed E-state index contributed by atoms with van der Waals surface area (Å²) in [5, 5.41) is 5.50. The van der Waals surface area contributed by atoms with Crippen LogP contribution in [0.4, 0.5) is 10.8 Å². The largest absolute Gasteiger partial charge is 0.332 e. The van der Waals surface area contributed by atoms with E-state index in [-0.39, 0.29) is 0 Å². The highest BCUT2D eigenvalue weighted by Gasteiger charge is 2.14. The van der Waals surface area contributed by atoms with Crippen LogP contribution in [0.5, 0.6) is 0 Å². The molecule has 0 saturated carbocycles. The molecule has 3 nitrogen and oxygen atoms in total. The van der Waals surface area contributed by atoms with Crippen LogP contribution in [0.15, 0.2) is 36.4 Å². The fourth-order valence-electron chi connectivity index (χ4n) is 2.48. The molecule has 3 heterocycles. The van der Waals surface area contributed by atoms with Gasteiger partial charge in [-0.3, -0.25) is 0 Å². The van der Waals surface area contributed by atoms with E-state index in [1.807, 2.05) is 37.3 Å². The molecule has 0 amide bonds. The molecule has 1 N–H and O–H groups in total. The van der Waals surface area contributed by atoms with Crippen molar-refractivity contribution in [1.29, 1.82) is 0 Å². The average Bonchev–Trinajstić information content (AvgIpc) is 2.95. The van der Waals surface area contributed by atoms with E-state index in [0.29, 0.717) is 0 Å². The van der Waals surface area contributed by atoms with Gasteiger partial charge in [-0.2, -0.15) is 0 Å². The molecule has 0 aliphatic rings. The third-order valence-corrected chi connectivity index (χ3v) is 5.49. The van der Waals surface area contributed by atoms with Gasteiger partial charge in [-0.05, 0) is 37.6 Å². The molecule has 104 valence electrons. The number of nitrogens with one attached hydrogen (secondary N) is 1. The zero-order valence-electron chi connectivity index (χ0n) is 11.7. The second kappa shape index (κ2) is 4.79. The first kappa shape index (κ1) is 12.7. The van der Waals surface area contributed by atoms with E-state index in [9.17, 15) is 0 Å². The lowest BCUT2D eigenvalue weighted by molar-refractivity contribution is 1.25. The van der Waals surface area contributed by atoms with Crippen LogP contribution in [0.3, 0.4) is 0 Å². The molecule has 0 bridgehead atoms. The Morgan fingerprint density at radius 3 is 2.62 bits per heavy atom. The highest BCUT2D eigenvalue weighted by molar-refractivity contribution is 7.42. The summed E-state index contributed by atoms with van der Waals surface area (Å²) in [6, 6.07) is 12.3. The molecule has 0 fully saturated rings. The summed E-state index contributed by atoms with van der Waals surface area (Å²) in [6.07, 6.45) is 0. The van der Waals surface area contributed by atoms with Crippen molar-refractivity contribution in [1.82, 2.24) is 9.97 Å². The van der Waals surface area contributed by atoms with Gasteiger partial charge in [-0.1, -0.05) is 29.5 Å². The smallest absolute Gasteiger partial charge is 0.189 e. The number of para-hydroxylation sites is 1. The number of anilines is 2. The maximum absolute atomic E-state index is 4.76. The molecule has 1 aromatic carbocycles. The lowest BCUT2D eigenvalue weighted by atomic mass is 10.2. The molecular weight excluding hydrogens is 298 g/mol. The van der Waals surface area contributed by atoms with Gasteiger partial charge in [0.1, 0.15) is 14.4 Å². The van der Waals surface area contributed by atoms with E-state index in [4.69, 9.17) is 4.98 Å². The van der Waals surface area contributed by atoms with Gasteiger partial charge < -0.3 is 5.32 Å². The predicted molar refractivity (Wildman–Crippen MR) is 92.0 cm³/mol. The topological polar surface area (TPSA) is 37.8 Å². The van der Waals surface area contributed by atoms with E-state index in [1.54, 1.807) is 22.7 Å². The van der Waals surface area contributed by atoms with Crippen molar-refractivity contribution in [3.05, 3.63) is 47.7 Å². The van der Waals surface area contributed by atoms with Crippen molar-refractivity contribution in [2.45, 2.75) is 13.8 Å². The lowest BCUT2D eigenvalue weighted by Gasteiger charge is -2.01. The first-order valence-corrected chi connectivity index (χ1v) is 8.33. The van der Waals surface area contributed by atoms with Gasteiger partial charge in [-0.15, -0.1) is 11.3 Å². The number of fused-ring (bicyclic) bond motifs is 3. The van der Waals surface area contributed by atoms with E-state index < -0.39 is 0 Å². The summed E-state index contributed by atoms with van der Waals surface area (Å²) >= 11 is 3.42. The van der Waals surface area contributed by atoms with Gasteiger partial charge in [0.2, 0.25) is 0 Å². The summed E-state index contributed by atoms with van der Waals surface area (Å²) in [5.41, 5.74) is 4.45. The number of thiophene rings is 1. The molecule has 0 aliphatic heterocycles. The molecule has 3 aromatic heterocycles. The Hall–Kier alpha value is -1.98. The molecule has 0 spiro atoms. The predicted octanol–water partition coefficient (Wildman–Crippen LogP) is 5.27. The Balaban J connectivity index is 1.84. The molecule has 0 aliphatic carbocycles. The Morgan fingerprint density at radius 2 is 1.81 bits per heavy atom. The van der Waals surface area contributed by atoms with Crippen molar-refractivity contribution in [3.63, 3.8) is 0 Å². The molecular formula is C16H13N3S2. The highest BCUT2D eigenvalue weighted by Crippen LogP contribution is 2.40. The quantitative estimate of drug-likeness (QED) is 0.548. The minimum Gasteiger partial charge on any atom is -0.332 e. The SMILES string of the molecule is Cc1cc(C)c2c(n1)sc1sc(Nc3ccccc3)nc12. The molecule has 4 aromatic rings. The van der Waals surface area contributed by atoms with Crippen LogP contribution in [0.2, 0.25) is 0 Å². The molecule has 4 rings (SSSR count). The third-order valence-electron chi connectivity index (χ3n) is 3.36. The second-order valence-corrected chi connectivity index (χ2v) is 7.27. The zero-order valence-corrected chi connectivity index (χ0v) is 13.3. The number of hydrogen-bond acceptors (Lipinski definition) is 5. The van der Waals surface area contributed by atoms with Crippen LogP contribution in [0.25, 0.3) is 19.7 Å². The normalized spacial score (nSPS) is 11.3. The number of nitrogens with zero attached hydrogens (tertiary/aromatic N) is 2. The van der Waals surface area contributed by atoms with Gasteiger partial charge in [0.15, 0.2) is 5.13 Å². The first-order valence-electron chi connectivity index (χ1n) is 6.70. The molecule has 0 saturated heterocycles. The minimum absolute atomic E-state index is 0.935. The van der Waals surface area contributed by atoms with Crippen molar-refractivity contribution in [2.24, 2.45) is 0 Å². The van der Waals surface area contributed by atoms with Gasteiger partial charge >= 0.3 is 0 Å². The maximum Gasteiger partial charge on any atom is 0.189 e. The summed E-state index contributed by atoms with van der Waals surface area (Å²) in [6.45, 7) is 4.17. The Bertz CT molecular complexity index is 938. The number of rotatable bonds is 2. The summed E-state index contributed by atoms with van der Waals surface area (Å²) < 4.78 is 1.23. The molecule has 0 atom stereocenters. The van der Waals surface area contributed by atoms with Crippen molar-refractivity contribution < 1.29 is 0 Å². The van der Waals surface area contributed by atoms with Crippen molar-refractivity contribution in [3.8, 4) is 0 Å². The number of pyridine rings is 1. The van der Waals surface area contributed by atoms with Crippen LogP contribution >= 0.6 is 22.7 Å². The van der Waals surface area contributed by atoms with Crippen LogP contribution < -0.4 is 5.32 Å². The lowest BCUT2D eigenvalue weighted by Crippen LogP contribution is -1.88. The molecule has 0 unspecified atom stereocenters. The first-order chi connectivity index (χ1) is 10.2. The van der Waals surface area contributed by atoms with E-state index in [0.717, 1.165) is 26.9 Å². The number of thiazole rings is 1. The molecule has 21 heavy (non-hydrogen) atoms. The second-order valence-electron chi connectivity index (χ2n) is 5.01. The monoisotopic (exact) mass is 311 g/mol. The zero-order chi connectivity index (χ0) is 14.4. The van der Waals surface area contributed by atoms with Crippen LogP contribution in [-0.4, -0.2) is 9.97 Å². The van der Waals surface area contributed by atoms with Gasteiger partial charge in [0, 0.05) is 16.8 Å². The van der Waals surface area contributed by atoms with E-state index in [1.165, 1.54) is 15.0 Å². The van der Waals surface area contributed by atoms with Crippen molar-refractivity contribution in [2.75, 3.05) is 5.32 Å². The van der Waals surface area contributed by atoms with E-state index >= 15 is 0 Å². The van der Waals surface area contributed by atoms with Crippen LogP contribution in [0, 0.1) is 13.8 Å². The minimum atomic E-state index is 0.935. The van der Waals surface area contributed by atoms with E-state index in [2.05, 4.69) is 23.3 Å². The Morgan fingerprint density at radius 1 is 1.00 bits per heavy atom. The Labute approximate surface area is 130 Å². The molecule has 0 radical (unpaired) electrons. The third kappa shape index (κ3) is 2.18. The number of aromatic nitrogens is 2. The highest BCUT2D eigenvalue weighted by atomic mass is 32.2. The fraction of sp³-hybridized carbons (Fsp3) is 0.125. The maximum atomic E-state index is 4.76. The standard InChI is InChI=1S/C16H13N3S2/c1-9-8-10(2)17-14-12(9)13-15(20-14)21-16(19-13)18-11-6-4-3-5-7-11/h3-8H,1-2H3,(H,18,19).